The average molecular weight is 218 g/mol. The molecular weight excluding hydrogens is 196 g/mol. The summed E-state index contributed by atoms with van der Waals surface area (Å²) in [7, 11) is 0. The Morgan fingerprint density at radius 2 is 2.00 bits per heavy atom. The SMILES string of the molecule is CCc1ccccc1CNC1CCC(N)C1. The summed E-state index contributed by atoms with van der Waals surface area (Å²) < 4.78 is 0. The van der Waals surface area contributed by atoms with Gasteiger partial charge in [-0.15, -0.1) is 0 Å². The predicted octanol–water partition coefficient (Wildman–Crippen LogP) is 2.22. The van der Waals surface area contributed by atoms with E-state index >= 15 is 0 Å². The van der Waals surface area contributed by atoms with Crippen LogP contribution in [-0.4, -0.2) is 12.1 Å². The maximum atomic E-state index is 5.91. The molecule has 0 aromatic heterocycles. The molecule has 3 N–H and O–H groups in total. The van der Waals surface area contributed by atoms with Gasteiger partial charge in [0.05, 0.1) is 0 Å². The third-order valence-electron chi connectivity index (χ3n) is 3.55. The van der Waals surface area contributed by atoms with E-state index in [1.54, 1.807) is 0 Å². The van der Waals surface area contributed by atoms with Crippen LogP contribution in [0.2, 0.25) is 0 Å². The van der Waals surface area contributed by atoms with Crippen molar-refractivity contribution in [1.29, 1.82) is 0 Å². The van der Waals surface area contributed by atoms with Crippen molar-refractivity contribution in [3.8, 4) is 0 Å². The van der Waals surface area contributed by atoms with Gasteiger partial charge in [0, 0.05) is 18.6 Å². The molecule has 2 rings (SSSR count). The van der Waals surface area contributed by atoms with Crippen molar-refractivity contribution in [3.05, 3.63) is 35.4 Å². The van der Waals surface area contributed by atoms with Crippen LogP contribution < -0.4 is 11.1 Å². The van der Waals surface area contributed by atoms with Gasteiger partial charge in [-0.25, -0.2) is 0 Å². The molecule has 0 heterocycles. The lowest BCUT2D eigenvalue weighted by Crippen LogP contribution is -2.28. The second-order valence-electron chi connectivity index (χ2n) is 4.77. The quantitative estimate of drug-likeness (QED) is 0.813. The molecular formula is C14H22N2. The molecule has 1 aliphatic rings. The summed E-state index contributed by atoms with van der Waals surface area (Å²) in [5, 5.41) is 3.62. The molecule has 1 aliphatic carbocycles. The van der Waals surface area contributed by atoms with Crippen LogP contribution in [0.3, 0.4) is 0 Å². The highest BCUT2D eigenvalue weighted by molar-refractivity contribution is 5.26. The molecule has 16 heavy (non-hydrogen) atoms. The summed E-state index contributed by atoms with van der Waals surface area (Å²) in [5.41, 5.74) is 8.80. The van der Waals surface area contributed by atoms with Crippen molar-refractivity contribution in [2.75, 3.05) is 0 Å². The Morgan fingerprint density at radius 1 is 1.25 bits per heavy atom. The van der Waals surface area contributed by atoms with Crippen LogP contribution in [0, 0.1) is 0 Å². The Kier molecular flexibility index (Phi) is 3.97. The molecule has 1 fully saturated rings. The van der Waals surface area contributed by atoms with Crippen LogP contribution in [0.4, 0.5) is 0 Å². The maximum Gasteiger partial charge on any atom is 0.0210 e. The first kappa shape index (κ1) is 11.6. The van der Waals surface area contributed by atoms with E-state index in [1.807, 2.05) is 0 Å². The monoisotopic (exact) mass is 218 g/mol. The maximum absolute atomic E-state index is 5.91. The Morgan fingerprint density at radius 3 is 2.62 bits per heavy atom. The summed E-state index contributed by atoms with van der Waals surface area (Å²) >= 11 is 0. The lowest BCUT2D eigenvalue weighted by Gasteiger charge is -2.14. The van der Waals surface area contributed by atoms with Crippen LogP contribution in [-0.2, 0) is 13.0 Å². The Hall–Kier alpha value is -0.860. The molecule has 0 amide bonds. The molecule has 2 nitrogen and oxygen atoms in total. The molecule has 2 heteroatoms. The summed E-state index contributed by atoms with van der Waals surface area (Å²) in [4.78, 5) is 0. The second kappa shape index (κ2) is 5.46. The first-order chi connectivity index (χ1) is 7.79. The highest BCUT2D eigenvalue weighted by atomic mass is 14.9. The van der Waals surface area contributed by atoms with E-state index in [0.29, 0.717) is 12.1 Å². The van der Waals surface area contributed by atoms with Gasteiger partial charge in [0.1, 0.15) is 0 Å². The topological polar surface area (TPSA) is 38.0 Å². The molecule has 88 valence electrons. The third-order valence-corrected chi connectivity index (χ3v) is 3.55. The number of rotatable bonds is 4. The van der Waals surface area contributed by atoms with E-state index in [1.165, 1.54) is 24.0 Å². The number of nitrogens with one attached hydrogen (secondary N) is 1. The summed E-state index contributed by atoms with van der Waals surface area (Å²) in [5.74, 6) is 0. The summed E-state index contributed by atoms with van der Waals surface area (Å²) in [6.07, 6.45) is 4.65. The van der Waals surface area contributed by atoms with E-state index in [2.05, 4.69) is 36.5 Å². The molecule has 1 aromatic carbocycles. The zero-order valence-electron chi connectivity index (χ0n) is 10.1. The third kappa shape index (κ3) is 2.83. The molecule has 0 radical (unpaired) electrons. The van der Waals surface area contributed by atoms with Gasteiger partial charge in [-0.1, -0.05) is 31.2 Å². The fraction of sp³-hybridized carbons (Fsp3) is 0.571. The highest BCUT2D eigenvalue weighted by Crippen LogP contribution is 2.18. The van der Waals surface area contributed by atoms with Crippen molar-refractivity contribution in [2.45, 2.75) is 51.2 Å². The number of hydrogen-bond donors (Lipinski definition) is 2. The minimum absolute atomic E-state index is 0.416. The highest BCUT2D eigenvalue weighted by Gasteiger charge is 2.20. The van der Waals surface area contributed by atoms with Crippen LogP contribution in [0.5, 0.6) is 0 Å². The van der Waals surface area contributed by atoms with Gasteiger partial charge in [-0.05, 0) is 36.8 Å². The fourth-order valence-corrected chi connectivity index (χ4v) is 2.53. The van der Waals surface area contributed by atoms with Crippen molar-refractivity contribution < 1.29 is 0 Å². The fourth-order valence-electron chi connectivity index (χ4n) is 2.53. The van der Waals surface area contributed by atoms with Gasteiger partial charge in [0.15, 0.2) is 0 Å². The molecule has 2 atom stereocenters. The molecule has 0 spiro atoms. The van der Waals surface area contributed by atoms with E-state index in [0.717, 1.165) is 19.4 Å². The van der Waals surface area contributed by atoms with Crippen LogP contribution in [0.15, 0.2) is 24.3 Å². The lowest BCUT2D eigenvalue weighted by atomic mass is 10.1. The van der Waals surface area contributed by atoms with Crippen molar-refractivity contribution in [3.63, 3.8) is 0 Å². The van der Waals surface area contributed by atoms with Gasteiger partial charge in [0.25, 0.3) is 0 Å². The molecule has 0 saturated heterocycles. The average Bonchev–Trinajstić information content (AvgIpc) is 2.73. The second-order valence-corrected chi connectivity index (χ2v) is 4.77. The van der Waals surface area contributed by atoms with Crippen molar-refractivity contribution in [1.82, 2.24) is 5.32 Å². The van der Waals surface area contributed by atoms with E-state index in [4.69, 9.17) is 5.73 Å². The number of aryl methyl sites for hydroxylation is 1. The standard InChI is InChI=1S/C14H22N2/c1-2-11-5-3-4-6-12(11)10-16-14-8-7-13(15)9-14/h3-6,13-14,16H,2,7-10,15H2,1H3. The first-order valence-corrected chi connectivity index (χ1v) is 6.35. The van der Waals surface area contributed by atoms with E-state index in [9.17, 15) is 0 Å². The molecule has 0 aliphatic heterocycles. The largest absolute Gasteiger partial charge is 0.328 e. The zero-order chi connectivity index (χ0) is 11.4. The van der Waals surface area contributed by atoms with Gasteiger partial charge >= 0.3 is 0 Å². The first-order valence-electron chi connectivity index (χ1n) is 6.35. The Bertz CT molecular complexity index is 335. The zero-order valence-corrected chi connectivity index (χ0v) is 10.1. The normalized spacial score (nSPS) is 24.9. The van der Waals surface area contributed by atoms with Gasteiger partial charge in [-0.2, -0.15) is 0 Å². The lowest BCUT2D eigenvalue weighted by molar-refractivity contribution is 0.515. The minimum Gasteiger partial charge on any atom is -0.328 e. The number of benzene rings is 1. The Labute approximate surface area is 98.2 Å². The van der Waals surface area contributed by atoms with Gasteiger partial charge in [0.2, 0.25) is 0 Å². The number of hydrogen-bond acceptors (Lipinski definition) is 2. The summed E-state index contributed by atoms with van der Waals surface area (Å²) in [6.45, 7) is 3.20. The van der Waals surface area contributed by atoms with Crippen molar-refractivity contribution in [2.24, 2.45) is 5.73 Å². The molecule has 2 unspecified atom stereocenters. The van der Waals surface area contributed by atoms with Gasteiger partial charge < -0.3 is 11.1 Å². The predicted molar refractivity (Wildman–Crippen MR) is 68.3 cm³/mol. The molecule has 1 aromatic rings. The van der Waals surface area contributed by atoms with Gasteiger partial charge in [-0.3, -0.25) is 0 Å². The summed E-state index contributed by atoms with van der Waals surface area (Å²) in [6, 6.07) is 9.72. The van der Waals surface area contributed by atoms with Crippen molar-refractivity contribution >= 4 is 0 Å². The van der Waals surface area contributed by atoms with E-state index in [-0.39, 0.29) is 0 Å². The smallest absolute Gasteiger partial charge is 0.0210 e. The minimum atomic E-state index is 0.416. The molecule has 1 saturated carbocycles. The van der Waals surface area contributed by atoms with Crippen LogP contribution >= 0.6 is 0 Å². The number of nitrogens with two attached hydrogens (primary N) is 1. The van der Waals surface area contributed by atoms with E-state index < -0.39 is 0 Å². The molecule has 0 bridgehead atoms. The van der Waals surface area contributed by atoms with Crippen LogP contribution in [0.25, 0.3) is 0 Å². The Balaban J connectivity index is 1.89. The van der Waals surface area contributed by atoms with Crippen LogP contribution in [0.1, 0.15) is 37.3 Å².